The lowest BCUT2D eigenvalue weighted by molar-refractivity contribution is 0.0697. The predicted octanol–water partition coefficient (Wildman–Crippen LogP) is 2.83. The van der Waals surface area contributed by atoms with Crippen molar-refractivity contribution in [1.29, 1.82) is 0 Å². The molecule has 144 valence electrons. The highest BCUT2D eigenvalue weighted by molar-refractivity contribution is 7.85. The van der Waals surface area contributed by atoms with Crippen LogP contribution in [0.15, 0.2) is 68.4 Å². The molecular weight excluding hydrogens is 388 g/mol. The molecule has 0 aliphatic heterocycles. The van der Waals surface area contributed by atoms with E-state index in [1.165, 1.54) is 4.68 Å². The number of carboxylic acids is 1. The first-order valence-electron chi connectivity index (χ1n) is 7.82. The Kier molecular flexibility index (Phi) is 4.94. The number of hydrogen-bond acceptors (Lipinski definition) is 6. The third-order valence-corrected chi connectivity index (χ3v) is 4.66. The summed E-state index contributed by atoms with van der Waals surface area (Å²) in [5, 5.41) is 19.7. The van der Waals surface area contributed by atoms with Crippen LogP contribution in [0.3, 0.4) is 0 Å². The average molecular weight is 402 g/mol. The van der Waals surface area contributed by atoms with Gasteiger partial charge in [0.15, 0.2) is 5.69 Å². The summed E-state index contributed by atoms with van der Waals surface area (Å²) in [6.07, 6.45) is 0. The van der Waals surface area contributed by atoms with Crippen LogP contribution < -0.4 is 5.56 Å². The fourth-order valence-electron chi connectivity index (χ4n) is 2.45. The molecule has 3 N–H and O–H groups in total. The van der Waals surface area contributed by atoms with Gasteiger partial charge < -0.3 is 5.11 Å². The molecule has 0 atom stereocenters. The van der Waals surface area contributed by atoms with Gasteiger partial charge in [0.25, 0.3) is 15.7 Å². The minimum Gasteiger partial charge on any atom is -0.478 e. The molecule has 0 unspecified atom stereocenters. The third-order valence-electron chi connectivity index (χ3n) is 3.81. The Hall–Kier alpha value is -3.57. The fraction of sp³-hybridized carbons (Fsp3) is 0.0588. The van der Waals surface area contributed by atoms with E-state index in [9.17, 15) is 23.1 Å². The molecule has 0 amide bonds. The van der Waals surface area contributed by atoms with Crippen molar-refractivity contribution in [2.75, 3.05) is 0 Å². The average Bonchev–Trinajstić information content (AvgIpc) is 2.93. The molecule has 0 saturated heterocycles. The summed E-state index contributed by atoms with van der Waals surface area (Å²) in [7, 11) is -4.58. The Morgan fingerprint density at radius 3 is 2.39 bits per heavy atom. The number of hydrogen-bond donors (Lipinski definition) is 3. The molecule has 0 saturated carbocycles. The summed E-state index contributed by atoms with van der Waals surface area (Å²) in [5.41, 5.74) is -0.190. The number of carboxylic acid groups (broad SMARTS) is 1. The summed E-state index contributed by atoms with van der Waals surface area (Å²) in [5.74, 6) is -1.47. The largest absolute Gasteiger partial charge is 0.478 e. The third kappa shape index (κ3) is 3.75. The molecule has 28 heavy (non-hydrogen) atoms. The number of aromatic carboxylic acids is 1. The van der Waals surface area contributed by atoms with Gasteiger partial charge in [-0.2, -0.15) is 8.42 Å². The Bertz CT molecular complexity index is 1240. The van der Waals surface area contributed by atoms with Gasteiger partial charge >= 0.3 is 5.97 Å². The van der Waals surface area contributed by atoms with Crippen LogP contribution in [0.4, 0.5) is 11.4 Å². The zero-order valence-corrected chi connectivity index (χ0v) is 15.2. The Labute approximate surface area is 158 Å². The molecular formula is C17H14N4O6S. The monoisotopic (exact) mass is 402 g/mol. The van der Waals surface area contributed by atoms with Gasteiger partial charge in [0.05, 0.1) is 21.8 Å². The number of azo groups is 1. The number of rotatable bonds is 5. The number of nitrogens with one attached hydrogen (secondary N) is 1. The minimum absolute atomic E-state index is 0.0287. The number of para-hydroxylation sites is 1. The standard InChI is InChI=1S/C17H14N4O6S/c1-10-15(16(22)21(20-10)11-5-3-2-4-6-11)19-18-14-8-7-12(28(25,26)27)9-13(14)17(23)24/h2-9,20H,1H3,(H,23,24)(H,25,26,27). The highest BCUT2D eigenvalue weighted by atomic mass is 32.2. The summed E-state index contributed by atoms with van der Waals surface area (Å²) >= 11 is 0. The van der Waals surface area contributed by atoms with Gasteiger partial charge in [-0.15, -0.1) is 10.2 Å². The number of H-pyrrole nitrogens is 1. The van der Waals surface area contributed by atoms with Gasteiger partial charge in [-0.3, -0.25) is 14.4 Å². The maximum absolute atomic E-state index is 12.6. The van der Waals surface area contributed by atoms with Gasteiger partial charge in [-0.25, -0.2) is 9.48 Å². The second kappa shape index (κ2) is 7.21. The maximum Gasteiger partial charge on any atom is 0.338 e. The second-order valence-electron chi connectivity index (χ2n) is 5.72. The minimum atomic E-state index is -4.58. The van der Waals surface area contributed by atoms with E-state index in [0.29, 0.717) is 11.4 Å². The van der Waals surface area contributed by atoms with Gasteiger partial charge in [0, 0.05) is 0 Å². The van der Waals surface area contributed by atoms with Crippen LogP contribution in [-0.2, 0) is 10.1 Å². The van der Waals surface area contributed by atoms with Gasteiger partial charge in [-0.1, -0.05) is 18.2 Å². The van der Waals surface area contributed by atoms with Crippen molar-refractivity contribution in [3.05, 3.63) is 70.1 Å². The fourth-order valence-corrected chi connectivity index (χ4v) is 2.96. The Balaban J connectivity index is 2.05. The van der Waals surface area contributed by atoms with E-state index in [1.807, 2.05) is 0 Å². The molecule has 0 spiro atoms. The molecule has 10 nitrogen and oxygen atoms in total. The number of aromatic nitrogens is 2. The van der Waals surface area contributed by atoms with E-state index in [0.717, 1.165) is 18.2 Å². The van der Waals surface area contributed by atoms with Crippen LogP contribution in [0.5, 0.6) is 0 Å². The first-order chi connectivity index (χ1) is 13.2. The zero-order valence-electron chi connectivity index (χ0n) is 14.4. The van der Waals surface area contributed by atoms with E-state index >= 15 is 0 Å². The van der Waals surface area contributed by atoms with Crippen molar-refractivity contribution in [2.45, 2.75) is 11.8 Å². The SMILES string of the molecule is Cc1[nH]n(-c2ccccc2)c(=O)c1N=Nc1ccc(S(=O)(=O)O)cc1C(=O)O. The summed E-state index contributed by atoms with van der Waals surface area (Å²) in [6.45, 7) is 1.61. The number of nitrogens with zero attached hydrogens (tertiary/aromatic N) is 3. The molecule has 0 bridgehead atoms. The van der Waals surface area contributed by atoms with Crippen LogP contribution in [0, 0.1) is 6.92 Å². The molecule has 3 aromatic rings. The van der Waals surface area contributed by atoms with Crippen molar-refractivity contribution >= 4 is 27.5 Å². The Morgan fingerprint density at radius 2 is 1.79 bits per heavy atom. The molecule has 1 aromatic heterocycles. The number of aryl methyl sites for hydroxylation is 1. The predicted molar refractivity (Wildman–Crippen MR) is 98.5 cm³/mol. The van der Waals surface area contributed by atoms with Crippen molar-refractivity contribution in [2.24, 2.45) is 10.2 Å². The van der Waals surface area contributed by atoms with Crippen LogP contribution in [-0.4, -0.2) is 33.8 Å². The maximum atomic E-state index is 12.6. The molecule has 0 radical (unpaired) electrons. The molecule has 2 aromatic carbocycles. The van der Waals surface area contributed by atoms with E-state index in [2.05, 4.69) is 15.3 Å². The topological polar surface area (TPSA) is 154 Å². The van der Waals surface area contributed by atoms with E-state index in [4.69, 9.17) is 4.55 Å². The van der Waals surface area contributed by atoms with E-state index < -0.39 is 32.1 Å². The number of benzene rings is 2. The number of carbonyl (C=O) groups is 1. The van der Waals surface area contributed by atoms with Crippen LogP contribution in [0.2, 0.25) is 0 Å². The molecule has 0 fully saturated rings. The lowest BCUT2D eigenvalue weighted by atomic mass is 10.2. The normalized spacial score (nSPS) is 11.8. The van der Waals surface area contributed by atoms with Crippen molar-refractivity contribution in [3.8, 4) is 5.69 Å². The highest BCUT2D eigenvalue weighted by Gasteiger charge is 2.18. The number of aromatic amines is 1. The summed E-state index contributed by atoms with van der Waals surface area (Å²) in [6, 6.07) is 11.6. The summed E-state index contributed by atoms with van der Waals surface area (Å²) < 4.78 is 32.7. The van der Waals surface area contributed by atoms with Gasteiger partial charge in [-0.05, 0) is 37.3 Å². The molecule has 1 heterocycles. The molecule has 3 rings (SSSR count). The quantitative estimate of drug-likeness (QED) is 0.440. The molecule has 0 aliphatic carbocycles. The molecule has 0 aliphatic rings. The van der Waals surface area contributed by atoms with Crippen molar-refractivity contribution in [3.63, 3.8) is 0 Å². The van der Waals surface area contributed by atoms with Crippen molar-refractivity contribution < 1.29 is 22.9 Å². The highest BCUT2D eigenvalue weighted by Crippen LogP contribution is 2.25. The molecule has 11 heteroatoms. The zero-order chi connectivity index (χ0) is 20.5. The first-order valence-corrected chi connectivity index (χ1v) is 9.26. The van der Waals surface area contributed by atoms with E-state index in [1.54, 1.807) is 37.3 Å². The van der Waals surface area contributed by atoms with Gasteiger partial charge in [0.1, 0.15) is 5.69 Å². The van der Waals surface area contributed by atoms with Crippen LogP contribution in [0.25, 0.3) is 5.69 Å². The first kappa shape index (κ1) is 19.2. The lowest BCUT2D eigenvalue weighted by Crippen LogP contribution is -2.13. The van der Waals surface area contributed by atoms with Gasteiger partial charge in [0.2, 0.25) is 0 Å². The summed E-state index contributed by atoms with van der Waals surface area (Å²) in [4.78, 5) is 23.4. The van der Waals surface area contributed by atoms with Crippen molar-refractivity contribution in [1.82, 2.24) is 9.78 Å². The van der Waals surface area contributed by atoms with E-state index in [-0.39, 0.29) is 11.4 Å². The second-order valence-corrected chi connectivity index (χ2v) is 7.14. The lowest BCUT2D eigenvalue weighted by Gasteiger charge is -2.02. The van der Waals surface area contributed by atoms with Crippen LogP contribution >= 0.6 is 0 Å². The Morgan fingerprint density at radius 1 is 1.11 bits per heavy atom. The van der Waals surface area contributed by atoms with Crippen LogP contribution in [0.1, 0.15) is 16.1 Å². The smallest absolute Gasteiger partial charge is 0.338 e.